The van der Waals surface area contributed by atoms with Crippen LogP contribution in [0.4, 0.5) is 0 Å². The van der Waals surface area contributed by atoms with Crippen LogP contribution in [0, 0.1) is 5.92 Å². The summed E-state index contributed by atoms with van der Waals surface area (Å²) in [5.41, 5.74) is 0. The number of ketones is 1. The van der Waals surface area contributed by atoms with Crippen LogP contribution >= 0.6 is 0 Å². The first-order valence-electron chi connectivity index (χ1n) is 6.51. The minimum atomic E-state index is -3.15. The fraction of sp³-hybridized carbons (Fsp3) is 0.917. The molecule has 5 heteroatoms. The highest BCUT2D eigenvalue weighted by Gasteiger charge is 2.38. The first-order valence-corrected chi connectivity index (χ1v) is 8.01. The number of nitrogens with zero attached hydrogens (tertiary/aromatic N) is 1. The molecule has 2 rings (SSSR count). The maximum absolute atomic E-state index is 12.4. The molecule has 98 valence electrons. The van der Waals surface area contributed by atoms with Gasteiger partial charge in [0, 0.05) is 19.0 Å². The predicted molar refractivity (Wildman–Crippen MR) is 66.2 cm³/mol. The van der Waals surface area contributed by atoms with E-state index in [1.165, 1.54) is 0 Å². The van der Waals surface area contributed by atoms with Crippen molar-refractivity contribution in [2.45, 2.75) is 50.7 Å². The van der Waals surface area contributed by atoms with Crippen molar-refractivity contribution >= 4 is 15.8 Å². The van der Waals surface area contributed by atoms with Crippen molar-refractivity contribution in [2.24, 2.45) is 5.92 Å². The number of sulfonamides is 1. The molecule has 1 saturated carbocycles. The molecule has 1 aliphatic carbocycles. The quantitative estimate of drug-likeness (QED) is 0.773. The number of Topliss-reactive ketones (excluding diaryl/α,β-unsaturated/α-hetero) is 1. The number of hydrogen-bond donors (Lipinski definition) is 0. The van der Waals surface area contributed by atoms with E-state index in [4.69, 9.17) is 0 Å². The fourth-order valence-electron chi connectivity index (χ4n) is 2.86. The van der Waals surface area contributed by atoms with Crippen LogP contribution in [0.5, 0.6) is 0 Å². The third-order valence-corrected chi connectivity index (χ3v) is 6.42. The summed E-state index contributed by atoms with van der Waals surface area (Å²) in [6.45, 7) is 2.50. The molecular weight excluding hydrogens is 238 g/mol. The number of carbonyl (C=O) groups is 1. The molecule has 2 aliphatic rings. The van der Waals surface area contributed by atoms with E-state index in [-0.39, 0.29) is 17.0 Å². The Morgan fingerprint density at radius 2 is 1.76 bits per heavy atom. The Labute approximate surface area is 103 Å². The summed E-state index contributed by atoms with van der Waals surface area (Å²) >= 11 is 0. The number of carbonyl (C=O) groups excluding carboxylic acids is 1. The van der Waals surface area contributed by atoms with Gasteiger partial charge in [0.05, 0.1) is 5.25 Å². The van der Waals surface area contributed by atoms with Crippen molar-refractivity contribution in [2.75, 3.05) is 13.1 Å². The first kappa shape index (κ1) is 13.0. The summed E-state index contributed by atoms with van der Waals surface area (Å²) in [7, 11) is -3.15. The molecule has 0 aromatic rings. The van der Waals surface area contributed by atoms with Gasteiger partial charge in [-0.15, -0.1) is 0 Å². The van der Waals surface area contributed by atoms with Gasteiger partial charge in [-0.2, -0.15) is 0 Å². The summed E-state index contributed by atoms with van der Waals surface area (Å²) in [5.74, 6) is 0.0414. The maximum Gasteiger partial charge on any atom is 0.217 e. The van der Waals surface area contributed by atoms with Crippen molar-refractivity contribution in [3.05, 3.63) is 0 Å². The van der Waals surface area contributed by atoms with Crippen molar-refractivity contribution in [1.29, 1.82) is 0 Å². The van der Waals surface area contributed by atoms with Gasteiger partial charge in [-0.1, -0.05) is 19.3 Å². The number of rotatable bonds is 3. The average Bonchev–Trinajstić information content (AvgIpc) is 2.80. The van der Waals surface area contributed by atoms with Crippen molar-refractivity contribution in [3.8, 4) is 0 Å². The van der Waals surface area contributed by atoms with E-state index in [9.17, 15) is 13.2 Å². The highest BCUT2D eigenvalue weighted by Crippen LogP contribution is 2.29. The summed E-state index contributed by atoms with van der Waals surface area (Å²) in [4.78, 5) is 11.3. The van der Waals surface area contributed by atoms with Gasteiger partial charge in [-0.05, 0) is 26.2 Å². The Morgan fingerprint density at radius 1 is 1.12 bits per heavy atom. The molecule has 0 radical (unpaired) electrons. The highest BCUT2D eigenvalue weighted by atomic mass is 32.2. The third kappa shape index (κ3) is 2.71. The normalized spacial score (nSPS) is 28.4. The van der Waals surface area contributed by atoms with Crippen LogP contribution in [0.3, 0.4) is 0 Å². The molecule has 0 aromatic carbocycles. The van der Waals surface area contributed by atoms with E-state index in [1.54, 1.807) is 11.2 Å². The molecule has 0 amide bonds. The molecule has 0 unspecified atom stereocenters. The summed E-state index contributed by atoms with van der Waals surface area (Å²) in [6.07, 6.45) is 5.48. The Balaban J connectivity index is 2.03. The van der Waals surface area contributed by atoms with Crippen LogP contribution in [-0.4, -0.2) is 36.8 Å². The van der Waals surface area contributed by atoms with Crippen LogP contribution < -0.4 is 0 Å². The highest BCUT2D eigenvalue weighted by molar-refractivity contribution is 7.89. The third-order valence-electron chi connectivity index (χ3n) is 4.06. The predicted octanol–water partition coefficient (Wildman–Crippen LogP) is 1.56. The smallest absolute Gasteiger partial charge is 0.217 e. The van der Waals surface area contributed by atoms with Gasteiger partial charge in [0.15, 0.2) is 0 Å². The zero-order chi connectivity index (χ0) is 12.5. The van der Waals surface area contributed by atoms with Crippen LogP contribution in [0.2, 0.25) is 0 Å². The summed E-state index contributed by atoms with van der Waals surface area (Å²) in [5, 5.41) is -0.193. The van der Waals surface area contributed by atoms with Crippen LogP contribution in [0.25, 0.3) is 0 Å². The molecule has 0 aromatic heterocycles. The van der Waals surface area contributed by atoms with Crippen molar-refractivity contribution in [3.63, 3.8) is 0 Å². The molecule has 2 fully saturated rings. The summed E-state index contributed by atoms with van der Waals surface area (Å²) in [6, 6.07) is 0. The van der Waals surface area contributed by atoms with Gasteiger partial charge in [-0.3, -0.25) is 4.79 Å². The van der Waals surface area contributed by atoms with E-state index in [0.29, 0.717) is 19.5 Å². The van der Waals surface area contributed by atoms with Gasteiger partial charge in [0.2, 0.25) is 10.0 Å². The van der Waals surface area contributed by atoms with Crippen LogP contribution in [-0.2, 0) is 14.8 Å². The second-order valence-electron chi connectivity index (χ2n) is 5.26. The van der Waals surface area contributed by atoms with Gasteiger partial charge in [0.1, 0.15) is 5.78 Å². The van der Waals surface area contributed by atoms with Gasteiger partial charge in [-0.25, -0.2) is 12.7 Å². The lowest BCUT2D eigenvalue weighted by molar-refractivity contribution is -0.120. The monoisotopic (exact) mass is 259 g/mol. The number of hydrogen-bond acceptors (Lipinski definition) is 3. The zero-order valence-corrected chi connectivity index (χ0v) is 11.2. The van der Waals surface area contributed by atoms with Crippen LogP contribution in [0.1, 0.15) is 45.4 Å². The molecule has 0 bridgehead atoms. The molecule has 17 heavy (non-hydrogen) atoms. The molecule has 0 N–H and O–H groups in total. The van der Waals surface area contributed by atoms with E-state index >= 15 is 0 Å². The molecule has 1 saturated heterocycles. The van der Waals surface area contributed by atoms with Gasteiger partial charge in [0.25, 0.3) is 0 Å². The lowest BCUT2D eigenvalue weighted by Gasteiger charge is -2.26. The SMILES string of the molecule is CC(=O)[C@@H]1CCN(S(=O)(=O)C2CCCCC2)C1. The molecule has 1 aliphatic heterocycles. The van der Waals surface area contributed by atoms with E-state index < -0.39 is 10.0 Å². The molecule has 0 spiro atoms. The topological polar surface area (TPSA) is 54.5 Å². The van der Waals surface area contributed by atoms with Crippen molar-refractivity contribution < 1.29 is 13.2 Å². The molecular formula is C12H21NO3S. The van der Waals surface area contributed by atoms with E-state index in [0.717, 1.165) is 32.1 Å². The lowest BCUT2D eigenvalue weighted by atomic mass is 10.0. The second kappa shape index (κ2) is 5.06. The Hall–Kier alpha value is -0.420. The minimum absolute atomic E-state index is 0.0756. The molecule has 1 heterocycles. The van der Waals surface area contributed by atoms with E-state index in [1.807, 2.05) is 0 Å². The summed E-state index contributed by atoms with van der Waals surface area (Å²) < 4.78 is 26.3. The second-order valence-corrected chi connectivity index (χ2v) is 7.47. The lowest BCUT2D eigenvalue weighted by Crippen LogP contribution is -2.38. The Morgan fingerprint density at radius 3 is 2.29 bits per heavy atom. The van der Waals surface area contributed by atoms with Crippen LogP contribution in [0.15, 0.2) is 0 Å². The first-order chi connectivity index (χ1) is 8.01. The standard InChI is InChI=1S/C12H21NO3S/c1-10(14)11-7-8-13(9-11)17(15,16)12-5-3-2-4-6-12/h11-12H,2-9H2,1H3/t11-/m1/s1. The molecule has 4 nitrogen and oxygen atoms in total. The average molecular weight is 259 g/mol. The fourth-order valence-corrected chi connectivity index (χ4v) is 4.96. The minimum Gasteiger partial charge on any atom is -0.300 e. The van der Waals surface area contributed by atoms with Gasteiger partial charge < -0.3 is 0 Å². The van der Waals surface area contributed by atoms with E-state index in [2.05, 4.69) is 0 Å². The van der Waals surface area contributed by atoms with Gasteiger partial charge >= 0.3 is 0 Å². The largest absolute Gasteiger partial charge is 0.300 e. The van der Waals surface area contributed by atoms with Crippen molar-refractivity contribution in [1.82, 2.24) is 4.31 Å². The maximum atomic E-state index is 12.4. The Bertz CT molecular complexity index is 385. The zero-order valence-electron chi connectivity index (χ0n) is 10.4. The molecule has 1 atom stereocenters. The Kier molecular flexibility index (Phi) is 3.88.